The van der Waals surface area contributed by atoms with Crippen molar-refractivity contribution in [3.8, 4) is 0 Å². The van der Waals surface area contributed by atoms with Gasteiger partial charge in [-0.25, -0.2) is 13.2 Å². The van der Waals surface area contributed by atoms with Gasteiger partial charge in [-0.15, -0.1) is 0 Å². The number of urea groups is 1. The van der Waals surface area contributed by atoms with Crippen LogP contribution in [0.15, 0.2) is 64.0 Å². The van der Waals surface area contributed by atoms with E-state index in [-0.39, 0.29) is 12.1 Å². The number of pyridine rings is 1. The second-order valence-electron chi connectivity index (χ2n) is 9.38. The number of para-hydroxylation sites is 1. The van der Waals surface area contributed by atoms with Crippen LogP contribution in [-0.2, 0) is 10.0 Å². The molecule has 0 aliphatic carbocycles. The van der Waals surface area contributed by atoms with Gasteiger partial charge in [-0.05, 0) is 62.7 Å². The number of benzene rings is 2. The molecule has 2 heterocycles. The predicted octanol–water partition coefficient (Wildman–Crippen LogP) is 4.99. The Labute approximate surface area is 227 Å². The van der Waals surface area contributed by atoms with E-state index in [1.54, 1.807) is 28.6 Å². The van der Waals surface area contributed by atoms with E-state index < -0.39 is 10.0 Å². The highest BCUT2D eigenvalue weighted by Crippen LogP contribution is 2.26. The molecule has 2 aromatic carbocycles. The molecule has 1 saturated heterocycles. The summed E-state index contributed by atoms with van der Waals surface area (Å²) in [5.41, 5.74) is 2.40. The molecule has 1 aromatic heterocycles. The van der Waals surface area contributed by atoms with Crippen molar-refractivity contribution in [2.45, 2.75) is 44.0 Å². The average Bonchev–Trinajstić information content (AvgIpc) is 3.32. The second kappa shape index (κ2) is 12.3. The van der Waals surface area contributed by atoms with Crippen molar-refractivity contribution in [1.82, 2.24) is 19.5 Å². The second-order valence-corrected chi connectivity index (χ2v) is 12.2. The fourth-order valence-electron chi connectivity index (χ4n) is 4.71. The number of carbonyl (C=O) groups is 1. The molecule has 1 fully saturated rings. The zero-order chi connectivity index (χ0) is 26.4. The van der Waals surface area contributed by atoms with Gasteiger partial charge in [-0.2, -0.15) is 4.31 Å². The summed E-state index contributed by atoms with van der Waals surface area (Å²) in [6.45, 7) is 7.04. The number of carbonyl (C=O) groups excluding carboxylic acids is 1. The van der Waals surface area contributed by atoms with E-state index in [9.17, 15) is 13.2 Å². The quantitative estimate of drug-likeness (QED) is 0.348. The van der Waals surface area contributed by atoms with Crippen molar-refractivity contribution in [1.29, 1.82) is 0 Å². The highest BCUT2D eigenvalue weighted by molar-refractivity contribution is 9.10. The minimum absolute atomic E-state index is 0.0832. The van der Waals surface area contributed by atoms with Gasteiger partial charge >= 0.3 is 6.03 Å². The first-order chi connectivity index (χ1) is 17.8. The Bertz CT molecular complexity index is 1330. The third-order valence-electron chi connectivity index (χ3n) is 6.61. The summed E-state index contributed by atoms with van der Waals surface area (Å²) in [7, 11) is -3.59. The first-order valence-corrected chi connectivity index (χ1v) is 14.9. The van der Waals surface area contributed by atoms with E-state index in [4.69, 9.17) is 0 Å². The number of unbranched alkanes of at least 4 members (excludes halogenated alkanes) is 1. The predicted molar refractivity (Wildman–Crippen MR) is 151 cm³/mol. The monoisotopic (exact) mass is 587 g/mol. The average molecular weight is 589 g/mol. The molecule has 1 aliphatic heterocycles. The van der Waals surface area contributed by atoms with Crippen LogP contribution in [0, 0.1) is 6.92 Å². The van der Waals surface area contributed by atoms with Crippen LogP contribution in [-0.4, -0.2) is 67.4 Å². The fourth-order valence-corrected chi connectivity index (χ4v) is 6.66. The first kappa shape index (κ1) is 27.5. The third-order valence-corrected chi connectivity index (χ3v) is 9.11. The van der Waals surface area contributed by atoms with Crippen LogP contribution >= 0.6 is 15.9 Å². The number of hydrogen-bond acceptors (Lipinski definition) is 5. The number of anilines is 1. The summed E-state index contributed by atoms with van der Waals surface area (Å²) in [5, 5.41) is 6.77. The van der Waals surface area contributed by atoms with E-state index in [1.165, 1.54) is 0 Å². The topological polar surface area (TPSA) is 94.6 Å². The summed E-state index contributed by atoms with van der Waals surface area (Å²) in [6, 6.07) is 16.1. The maximum atomic E-state index is 13.5. The van der Waals surface area contributed by atoms with Crippen LogP contribution in [0.5, 0.6) is 0 Å². The highest BCUT2D eigenvalue weighted by atomic mass is 79.9. The smallest absolute Gasteiger partial charge is 0.319 e. The maximum Gasteiger partial charge on any atom is 0.319 e. The zero-order valence-corrected chi connectivity index (χ0v) is 23.7. The number of nitrogens with zero attached hydrogens (tertiary/aromatic N) is 3. The summed E-state index contributed by atoms with van der Waals surface area (Å²) < 4.78 is 29.4. The van der Waals surface area contributed by atoms with Gasteiger partial charge in [-0.3, -0.25) is 9.88 Å². The summed E-state index contributed by atoms with van der Waals surface area (Å²) >= 11 is 3.38. The Morgan fingerprint density at radius 2 is 1.95 bits per heavy atom. The standard InChI is InChI=1S/C27H34BrN5O3S/c1-3-4-15-33(37(35,36)23-11-9-21(28)10-12-23)22-13-16-32(19-22)17-14-29-27(34)31-26-18-20(2)30-25-8-6-5-7-24(25)26/h5-12,18,22H,3-4,13-17,19H2,1-2H3,(H2,29,30,31,34). The first-order valence-electron chi connectivity index (χ1n) is 12.7. The molecular weight excluding hydrogens is 554 g/mol. The Kier molecular flexibility index (Phi) is 9.17. The fraction of sp³-hybridized carbons (Fsp3) is 0.407. The molecule has 1 unspecified atom stereocenters. The van der Waals surface area contributed by atoms with Gasteiger partial charge in [0.2, 0.25) is 10.0 Å². The number of nitrogens with one attached hydrogen (secondary N) is 2. The molecule has 1 atom stereocenters. The Morgan fingerprint density at radius 3 is 2.70 bits per heavy atom. The molecule has 0 spiro atoms. The Hall–Kier alpha value is -2.53. The van der Waals surface area contributed by atoms with Gasteiger partial charge in [0.25, 0.3) is 0 Å². The molecule has 0 radical (unpaired) electrons. The van der Waals surface area contributed by atoms with Gasteiger partial charge in [0.15, 0.2) is 0 Å². The van der Waals surface area contributed by atoms with E-state index in [1.807, 2.05) is 37.3 Å². The number of hydrogen-bond donors (Lipinski definition) is 2. The van der Waals surface area contributed by atoms with Crippen molar-refractivity contribution < 1.29 is 13.2 Å². The molecule has 37 heavy (non-hydrogen) atoms. The minimum Gasteiger partial charge on any atom is -0.337 e. The van der Waals surface area contributed by atoms with Crippen LogP contribution in [0.4, 0.5) is 10.5 Å². The number of rotatable bonds is 10. The van der Waals surface area contributed by atoms with Gasteiger partial charge < -0.3 is 10.6 Å². The Balaban J connectivity index is 1.33. The molecule has 0 bridgehead atoms. The summed E-state index contributed by atoms with van der Waals surface area (Å²) in [6.07, 6.45) is 2.51. The molecule has 4 rings (SSSR count). The van der Waals surface area contributed by atoms with Crippen molar-refractivity contribution in [3.63, 3.8) is 0 Å². The molecule has 2 N–H and O–H groups in total. The molecular formula is C27H34BrN5O3S. The van der Waals surface area contributed by atoms with Crippen molar-refractivity contribution in [3.05, 3.63) is 64.8 Å². The van der Waals surface area contributed by atoms with Crippen molar-refractivity contribution in [2.75, 3.05) is 38.0 Å². The number of sulfonamides is 1. The lowest BCUT2D eigenvalue weighted by Crippen LogP contribution is -2.43. The van der Waals surface area contributed by atoms with Gasteiger partial charge in [-0.1, -0.05) is 47.5 Å². The molecule has 8 nitrogen and oxygen atoms in total. The molecule has 10 heteroatoms. The number of aryl methyl sites for hydroxylation is 1. The van der Waals surface area contributed by atoms with Crippen molar-refractivity contribution in [2.24, 2.45) is 0 Å². The molecule has 198 valence electrons. The Morgan fingerprint density at radius 1 is 1.19 bits per heavy atom. The number of aromatic nitrogens is 1. The lowest BCUT2D eigenvalue weighted by Gasteiger charge is -2.28. The van der Waals surface area contributed by atoms with Gasteiger partial charge in [0.05, 0.1) is 16.1 Å². The van der Waals surface area contributed by atoms with E-state index >= 15 is 0 Å². The van der Waals surface area contributed by atoms with Crippen LogP contribution in [0.1, 0.15) is 31.9 Å². The third kappa shape index (κ3) is 6.87. The van der Waals surface area contributed by atoms with E-state index in [0.29, 0.717) is 31.1 Å². The van der Waals surface area contributed by atoms with Crippen LogP contribution in [0.3, 0.4) is 0 Å². The van der Waals surface area contributed by atoms with Crippen LogP contribution < -0.4 is 10.6 Å². The van der Waals surface area contributed by atoms with Crippen molar-refractivity contribution >= 4 is 48.6 Å². The van der Waals surface area contributed by atoms with E-state index in [2.05, 4.69) is 43.4 Å². The minimum atomic E-state index is -3.59. The van der Waals surface area contributed by atoms with Gasteiger partial charge in [0.1, 0.15) is 0 Å². The lowest BCUT2D eigenvalue weighted by molar-refractivity contribution is 0.248. The SMILES string of the molecule is CCCCN(C1CCN(CCNC(=O)Nc2cc(C)nc3ccccc23)C1)S(=O)(=O)c1ccc(Br)cc1. The summed E-state index contributed by atoms with van der Waals surface area (Å²) in [4.78, 5) is 19.6. The van der Waals surface area contributed by atoms with Crippen LogP contribution in [0.25, 0.3) is 10.9 Å². The highest BCUT2D eigenvalue weighted by Gasteiger charge is 2.35. The number of amides is 2. The molecule has 0 saturated carbocycles. The maximum absolute atomic E-state index is 13.5. The molecule has 3 aromatic rings. The molecule has 2 amide bonds. The zero-order valence-electron chi connectivity index (χ0n) is 21.3. The number of fused-ring (bicyclic) bond motifs is 1. The largest absolute Gasteiger partial charge is 0.337 e. The van der Waals surface area contributed by atoms with Crippen LogP contribution in [0.2, 0.25) is 0 Å². The normalized spacial score (nSPS) is 16.4. The number of halogens is 1. The molecule has 1 aliphatic rings. The van der Waals surface area contributed by atoms with E-state index in [0.717, 1.165) is 52.6 Å². The number of likely N-dealkylation sites (tertiary alicyclic amines) is 1. The lowest BCUT2D eigenvalue weighted by atomic mass is 10.1. The van der Waals surface area contributed by atoms with Gasteiger partial charge in [0, 0.05) is 47.8 Å². The summed E-state index contributed by atoms with van der Waals surface area (Å²) in [5.74, 6) is 0.